The van der Waals surface area contributed by atoms with Crippen LogP contribution in [0.15, 0.2) is 36.4 Å². The molecular weight excluding hydrogens is 332 g/mol. The Balaban J connectivity index is 2.47. The number of aromatic carboxylic acids is 1. The van der Waals surface area contributed by atoms with Gasteiger partial charge in [0.05, 0.1) is 12.2 Å². The van der Waals surface area contributed by atoms with Gasteiger partial charge in [0, 0.05) is 24.3 Å². The predicted octanol–water partition coefficient (Wildman–Crippen LogP) is 4.19. The number of carboxylic acids is 1. The third-order valence-electron chi connectivity index (χ3n) is 3.76. The van der Waals surface area contributed by atoms with Gasteiger partial charge in [-0.2, -0.15) is 0 Å². The van der Waals surface area contributed by atoms with Crippen LogP contribution in [0.25, 0.3) is 11.1 Å². The third-order valence-corrected chi connectivity index (χ3v) is 3.76. The summed E-state index contributed by atoms with van der Waals surface area (Å²) in [5, 5.41) is 9.55. The molecule has 0 aromatic heterocycles. The number of unbranched alkanes of at least 4 members (excludes halogenated alkanes) is 1. The van der Waals surface area contributed by atoms with E-state index in [1.807, 2.05) is 0 Å². The Morgan fingerprint density at radius 3 is 2.58 bits per heavy atom. The molecule has 2 aromatic rings. The van der Waals surface area contributed by atoms with Gasteiger partial charge >= 0.3 is 5.97 Å². The number of hydrogen-bond acceptors (Lipinski definition) is 4. The van der Waals surface area contributed by atoms with Gasteiger partial charge < -0.3 is 19.3 Å². The second-order valence-corrected chi connectivity index (χ2v) is 5.62. The van der Waals surface area contributed by atoms with Crippen molar-refractivity contribution in [2.24, 2.45) is 0 Å². The van der Waals surface area contributed by atoms with Gasteiger partial charge in [0.2, 0.25) is 0 Å². The number of benzene rings is 2. The number of carbonyl (C=O) groups is 1. The monoisotopic (exact) mass is 354 g/mol. The van der Waals surface area contributed by atoms with E-state index in [1.54, 1.807) is 30.3 Å². The van der Waals surface area contributed by atoms with Crippen LogP contribution in [0.1, 0.15) is 35.7 Å². The molecule has 2 aromatic carbocycles. The van der Waals surface area contributed by atoms with Crippen molar-refractivity contribution in [1.82, 2.24) is 0 Å². The number of ether oxygens (including phenoxy) is 3. The zero-order valence-electron chi connectivity index (χ0n) is 15.0. The van der Waals surface area contributed by atoms with Crippen LogP contribution in [0.5, 0.6) is 11.5 Å². The fourth-order valence-corrected chi connectivity index (χ4v) is 2.44. The van der Waals surface area contributed by atoms with Crippen LogP contribution in [0.4, 0.5) is 0 Å². The molecule has 26 heavy (non-hydrogen) atoms. The van der Waals surface area contributed by atoms with Crippen molar-refractivity contribution in [2.45, 2.75) is 19.8 Å². The molecule has 0 spiro atoms. The molecule has 0 saturated carbocycles. The molecule has 0 bridgehead atoms. The molecule has 0 radical (unpaired) electrons. The Hall–Kier alpha value is -2.97. The van der Waals surface area contributed by atoms with Gasteiger partial charge in [-0.15, -0.1) is 6.42 Å². The molecule has 5 heteroatoms. The molecule has 136 valence electrons. The van der Waals surface area contributed by atoms with Crippen LogP contribution in [0, 0.1) is 12.3 Å². The first-order valence-electron chi connectivity index (χ1n) is 8.33. The van der Waals surface area contributed by atoms with E-state index in [9.17, 15) is 9.90 Å². The minimum absolute atomic E-state index is 0.0380. The Morgan fingerprint density at radius 1 is 1.15 bits per heavy atom. The normalized spacial score (nSPS) is 10.2. The molecule has 0 aliphatic heterocycles. The molecule has 2 rings (SSSR count). The first kappa shape index (κ1) is 19.4. The van der Waals surface area contributed by atoms with Crippen molar-refractivity contribution < 1.29 is 24.1 Å². The van der Waals surface area contributed by atoms with Crippen molar-refractivity contribution in [3.05, 3.63) is 47.5 Å². The summed E-state index contributed by atoms with van der Waals surface area (Å²) in [7, 11) is 1.52. The lowest BCUT2D eigenvalue weighted by atomic mass is 9.96. The topological polar surface area (TPSA) is 65.0 Å². The molecule has 0 aliphatic rings. The van der Waals surface area contributed by atoms with Gasteiger partial charge in [-0.3, -0.25) is 0 Å². The SMILES string of the molecule is C#Cc1ccc(-c2ccc(OCCCC)cc2OCOC)c(C(=O)O)c1. The van der Waals surface area contributed by atoms with Crippen LogP contribution in [-0.4, -0.2) is 31.6 Å². The second kappa shape index (κ2) is 9.50. The van der Waals surface area contributed by atoms with E-state index in [2.05, 4.69) is 12.8 Å². The molecule has 0 fully saturated rings. The number of methoxy groups -OCH3 is 1. The Labute approximate surface area is 153 Å². The summed E-state index contributed by atoms with van der Waals surface area (Å²) >= 11 is 0. The maximum atomic E-state index is 11.7. The molecular formula is C21H22O5. The fraction of sp³-hybridized carbons (Fsp3) is 0.286. The lowest BCUT2D eigenvalue weighted by Crippen LogP contribution is -2.04. The number of rotatable bonds is 9. The minimum atomic E-state index is -1.06. The highest BCUT2D eigenvalue weighted by Crippen LogP contribution is 2.36. The number of carboxylic acid groups (broad SMARTS) is 1. The maximum Gasteiger partial charge on any atom is 0.336 e. The number of terminal acetylenes is 1. The van der Waals surface area contributed by atoms with Gasteiger partial charge in [0.1, 0.15) is 11.5 Å². The Morgan fingerprint density at radius 2 is 1.92 bits per heavy atom. The molecule has 0 amide bonds. The molecule has 0 unspecified atom stereocenters. The van der Waals surface area contributed by atoms with Gasteiger partial charge in [-0.25, -0.2) is 4.79 Å². The number of hydrogen-bond donors (Lipinski definition) is 1. The van der Waals surface area contributed by atoms with E-state index in [4.69, 9.17) is 20.6 Å². The van der Waals surface area contributed by atoms with E-state index in [1.165, 1.54) is 13.2 Å². The Bertz CT molecular complexity index is 805. The van der Waals surface area contributed by atoms with Crippen LogP contribution in [0.3, 0.4) is 0 Å². The summed E-state index contributed by atoms with van der Waals surface area (Å²) in [6.45, 7) is 2.74. The van der Waals surface area contributed by atoms with Crippen molar-refractivity contribution in [3.63, 3.8) is 0 Å². The van der Waals surface area contributed by atoms with Crippen LogP contribution in [-0.2, 0) is 4.74 Å². The Kier molecular flexibility index (Phi) is 7.07. The standard InChI is InChI=1S/C21H22O5/c1-4-6-11-25-16-8-10-18(20(13-16)26-14-24-3)17-9-7-15(5-2)12-19(17)21(22)23/h2,7-10,12-13H,4,6,11,14H2,1,3H3,(H,22,23). The smallest absolute Gasteiger partial charge is 0.336 e. The quantitative estimate of drug-likeness (QED) is 0.415. The summed E-state index contributed by atoms with van der Waals surface area (Å²) in [5.41, 5.74) is 1.76. The van der Waals surface area contributed by atoms with E-state index >= 15 is 0 Å². The average Bonchev–Trinajstić information content (AvgIpc) is 2.66. The summed E-state index contributed by atoms with van der Waals surface area (Å²) in [5.74, 6) is 2.54. The van der Waals surface area contributed by atoms with Gasteiger partial charge in [0.15, 0.2) is 6.79 Å². The highest BCUT2D eigenvalue weighted by atomic mass is 16.7. The second-order valence-electron chi connectivity index (χ2n) is 5.62. The third kappa shape index (κ3) is 4.78. The average molecular weight is 354 g/mol. The predicted molar refractivity (Wildman–Crippen MR) is 99.7 cm³/mol. The molecule has 1 N–H and O–H groups in total. The van der Waals surface area contributed by atoms with Crippen LogP contribution in [0.2, 0.25) is 0 Å². The van der Waals surface area contributed by atoms with E-state index in [0.717, 1.165) is 12.8 Å². The maximum absolute atomic E-state index is 11.7. The van der Waals surface area contributed by atoms with E-state index in [-0.39, 0.29) is 12.4 Å². The minimum Gasteiger partial charge on any atom is -0.493 e. The lowest BCUT2D eigenvalue weighted by Gasteiger charge is -2.15. The van der Waals surface area contributed by atoms with Crippen LogP contribution < -0.4 is 9.47 Å². The largest absolute Gasteiger partial charge is 0.493 e. The first-order valence-corrected chi connectivity index (χ1v) is 8.33. The molecule has 0 atom stereocenters. The lowest BCUT2D eigenvalue weighted by molar-refractivity contribution is 0.0513. The van der Waals surface area contributed by atoms with Gasteiger partial charge in [-0.05, 0) is 36.2 Å². The van der Waals surface area contributed by atoms with Crippen molar-refractivity contribution >= 4 is 5.97 Å². The summed E-state index contributed by atoms with van der Waals surface area (Å²) in [6, 6.07) is 10.2. The molecule has 0 saturated heterocycles. The summed E-state index contributed by atoms with van der Waals surface area (Å²) in [4.78, 5) is 11.7. The highest BCUT2D eigenvalue weighted by Gasteiger charge is 2.17. The van der Waals surface area contributed by atoms with Crippen molar-refractivity contribution in [1.29, 1.82) is 0 Å². The molecule has 5 nitrogen and oxygen atoms in total. The summed E-state index contributed by atoms with van der Waals surface area (Å²) in [6.07, 6.45) is 7.37. The molecule has 0 aliphatic carbocycles. The zero-order chi connectivity index (χ0) is 18.9. The molecule has 0 heterocycles. The van der Waals surface area contributed by atoms with Gasteiger partial charge in [0.25, 0.3) is 0 Å². The fourth-order valence-electron chi connectivity index (χ4n) is 2.44. The van der Waals surface area contributed by atoms with Crippen LogP contribution >= 0.6 is 0 Å². The zero-order valence-corrected chi connectivity index (χ0v) is 15.0. The van der Waals surface area contributed by atoms with E-state index in [0.29, 0.717) is 34.8 Å². The summed E-state index contributed by atoms with van der Waals surface area (Å²) < 4.78 is 16.3. The van der Waals surface area contributed by atoms with Gasteiger partial charge in [-0.1, -0.05) is 25.3 Å². The van der Waals surface area contributed by atoms with E-state index < -0.39 is 5.97 Å². The first-order chi connectivity index (χ1) is 12.6. The van der Waals surface area contributed by atoms with Crippen molar-refractivity contribution in [3.8, 4) is 35.0 Å². The highest BCUT2D eigenvalue weighted by molar-refractivity contribution is 5.97. The van der Waals surface area contributed by atoms with Crippen molar-refractivity contribution in [2.75, 3.05) is 20.5 Å².